The highest BCUT2D eigenvalue weighted by molar-refractivity contribution is 8.00. The molecule has 0 radical (unpaired) electrons. The van der Waals surface area contributed by atoms with Crippen molar-refractivity contribution in [1.82, 2.24) is 0 Å². The van der Waals surface area contributed by atoms with Gasteiger partial charge in [-0.1, -0.05) is 20.8 Å². The third-order valence-electron chi connectivity index (χ3n) is 1.58. The second-order valence-electron chi connectivity index (χ2n) is 4.11. The fraction of sp³-hybridized carbons (Fsp3) is 0.400. The fourth-order valence-electron chi connectivity index (χ4n) is 0.981. The van der Waals surface area contributed by atoms with Crippen LogP contribution >= 0.6 is 11.8 Å². The van der Waals surface area contributed by atoms with Crippen molar-refractivity contribution in [3.8, 4) is 0 Å². The second-order valence-corrected chi connectivity index (χ2v) is 5.95. The average molecular weight is 256 g/mol. The summed E-state index contributed by atoms with van der Waals surface area (Å²) in [6.07, 6.45) is 0. The van der Waals surface area contributed by atoms with E-state index in [1.807, 2.05) is 0 Å². The fourth-order valence-corrected chi connectivity index (χ4v) is 1.95. The first kappa shape index (κ1) is 13.3. The van der Waals surface area contributed by atoms with Crippen LogP contribution in [0.15, 0.2) is 4.90 Å². The summed E-state index contributed by atoms with van der Waals surface area (Å²) in [5.74, 6) is -9.52. The van der Waals surface area contributed by atoms with Gasteiger partial charge < -0.3 is 0 Å². The molecule has 0 saturated carbocycles. The molecule has 0 atom stereocenters. The first-order valence-electron chi connectivity index (χ1n) is 4.35. The van der Waals surface area contributed by atoms with E-state index in [9.17, 15) is 22.0 Å². The van der Waals surface area contributed by atoms with E-state index < -0.39 is 38.7 Å². The Morgan fingerprint density at radius 2 is 1.00 bits per heavy atom. The van der Waals surface area contributed by atoms with Gasteiger partial charge in [0.15, 0.2) is 23.3 Å². The average Bonchev–Trinajstić information content (AvgIpc) is 2.17. The minimum absolute atomic E-state index is 0.594. The Morgan fingerprint density at radius 1 is 0.688 bits per heavy atom. The molecule has 0 unspecified atom stereocenters. The van der Waals surface area contributed by atoms with E-state index in [-0.39, 0.29) is 0 Å². The van der Waals surface area contributed by atoms with Gasteiger partial charge in [0.2, 0.25) is 5.82 Å². The maximum Gasteiger partial charge on any atom is 0.200 e. The first-order valence-corrected chi connectivity index (χ1v) is 5.17. The lowest BCUT2D eigenvalue weighted by atomic mass is 10.2. The summed E-state index contributed by atoms with van der Waals surface area (Å²) in [7, 11) is 0. The molecule has 0 aliphatic carbocycles. The molecule has 1 aromatic rings. The van der Waals surface area contributed by atoms with Crippen LogP contribution in [0.1, 0.15) is 20.8 Å². The lowest BCUT2D eigenvalue weighted by molar-refractivity contribution is 0.360. The number of thioether (sulfide) groups is 1. The SMILES string of the molecule is CC(C)(C)Sc1c(F)c(F)c(F)c(F)c1F. The normalized spacial score (nSPS) is 12.0. The molecule has 0 bridgehead atoms. The van der Waals surface area contributed by atoms with E-state index >= 15 is 0 Å². The van der Waals surface area contributed by atoms with Crippen LogP contribution < -0.4 is 0 Å². The van der Waals surface area contributed by atoms with Crippen LogP contribution in [0.2, 0.25) is 0 Å². The molecule has 0 heterocycles. The van der Waals surface area contributed by atoms with E-state index in [2.05, 4.69) is 0 Å². The Morgan fingerprint density at radius 3 is 1.31 bits per heavy atom. The Hall–Kier alpha value is -0.780. The molecular weight excluding hydrogens is 247 g/mol. The van der Waals surface area contributed by atoms with Gasteiger partial charge in [0, 0.05) is 4.75 Å². The summed E-state index contributed by atoms with van der Waals surface area (Å²) >= 11 is 0.594. The predicted molar refractivity (Wildman–Crippen MR) is 51.8 cm³/mol. The number of hydrogen-bond acceptors (Lipinski definition) is 1. The van der Waals surface area contributed by atoms with E-state index in [1.165, 1.54) is 0 Å². The van der Waals surface area contributed by atoms with Gasteiger partial charge in [0.25, 0.3) is 0 Å². The molecule has 0 fully saturated rings. The van der Waals surface area contributed by atoms with Gasteiger partial charge in [0.05, 0.1) is 4.90 Å². The van der Waals surface area contributed by atoms with Gasteiger partial charge in [0.1, 0.15) is 0 Å². The number of halogens is 5. The van der Waals surface area contributed by atoms with Crippen LogP contribution in [-0.2, 0) is 0 Å². The number of hydrogen-bond donors (Lipinski definition) is 0. The van der Waals surface area contributed by atoms with E-state index in [4.69, 9.17) is 0 Å². The van der Waals surface area contributed by atoms with Crippen LogP contribution in [0.25, 0.3) is 0 Å². The molecule has 1 rings (SSSR count). The lowest BCUT2D eigenvalue weighted by Crippen LogP contribution is -2.11. The maximum atomic E-state index is 13.2. The molecule has 0 spiro atoms. The summed E-state index contributed by atoms with van der Waals surface area (Å²) < 4.78 is 64.0. The smallest absolute Gasteiger partial charge is 0.200 e. The zero-order valence-corrected chi connectivity index (χ0v) is 9.61. The van der Waals surface area contributed by atoms with Gasteiger partial charge in [-0.3, -0.25) is 0 Å². The van der Waals surface area contributed by atoms with Crippen LogP contribution in [0.4, 0.5) is 22.0 Å². The van der Waals surface area contributed by atoms with Crippen LogP contribution in [0.3, 0.4) is 0 Å². The molecule has 0 saturated heterocycles. The topological polar surface area (TPSA) is 0 Å². The van der Waals surface area contributed by atoms with Crippen molar-refractivity contribution in [3.63, 3.8) is 0 Å². The zero-order valence-electron chi connectivity index (χ0n) is 8.80. The van der Waals surface area contributed by atoms with Crippen molar-refractivity contribution in [3.05, 3.63) is 29.1 Å². The van der Waals surface area contributed by atoms with Crippen molar-refractivity contribution in [2.45, 2.75) is 30.4 Å². The highest BCUT2D eigenvalue weighted by Crippen LogP contribution is 2.37. The molecule has 90 valence electrons. The maximum absolute atomic E-state index is 13.2. The van der Waals surface area contributed by atoms with Gasteiger partial charge in [-0.15, -0.1) is 11.8 Å². The summed E-state index contributed by atoms with van der Waals surface area (Å²) in [4.78, 5) is -0.844. The third-order valence-corrected chi connectivity index (χ3v) is 2.75. The van der Waals surface area contributed by atoms with Crippen molar-refractivity contribution >= 4 is 11.8 Å². The largest absolute Gasteiger partial charge is 0.202 e. The molecule has 0 aromatic heterocycles. The molecule has 0 nitrogen and oxygen atoms in total. The van der Waals surface area contributed by atoms with Gasteiger partial charge >= 0.3 is 0 Å². The molecule has 6 heteroatoms. The number of benzene rings is 1. The predicted octanol–water partition coefficient (Wildman–Crippen LogP) is 4.27. The Labute approximate surface area is 93.8 Å². The standard InChI is InChI=1S/C10H9F5S/c1-10(2,3)16-9-7(14)5(12)4(11)6(13)8(9)15/h1-3H3. The van der Waals surface area contributed by atoms with Crippen molar-refractivity contribution in [1.29, 1.82) is 0 Å². The first-order chi connectivity index (χ1) is 7.15. The summed E-state index contributed by atoms with van der Waals surface area (Å²) in [6.45, 7) is 4.82. The lowest BCUT2D eigenvalue weighted by Gasteiger charge is -2.18. The third kappa shape index (κ3) is 2.48. The summed E-state index contributed by atoms with van der Waals surface area (Å²) in [5.41, 5.74) is 0. The van der Waals surface area contributed by atoms with E-state index in [0.29, 0.717) is 11.8 Å². The molecular formula is C10H9F5S. The minimum atomic E-state index is -2.13. The minimum Gasteiger partial charge on any atom is -0.202 e. The Kier molecular flexibility index (Phi) is 3.52. The highest BCUT2D eigenvalue weighted by atomic mass is 32.2. The monoisotopic (exact) mass is 256 g/mol. The van der Waals surface area contributed by atoms with Crippen LogP contribution in [-0.4, -0.2) is 4.75 Å². The van der Waals surface area contributed by atoms with Crippen molar-refractivity contribution in [2.24, 2.45) is 0 Å². The molecule has 1 aromatic carbocycles. The quantitative estimate of drug-likeness (QED) is 0.313. The number of rotatable bonds is 1. The van der Waals surface area contributed by atoms with E-state index in [0.717, 1.165) is 0 Å². The summed E-state index contributed by atoms with van der Waals surface area (Å²) in [6, 6.07) is 0. The Bertz CT molecular complexity index is 393. The molecule has 0 aliphatic heterocycles. The molecule has 16 heavy (non-hydrogen) atoms. The highest BCUT2D eigenvalue weighted by Gasteiger charge is 2.28. The molecule has 0 aliphatic rings. The van der Waals surface area contributed by atoms with Crippen LogP contribution in [0.5, 0.6) is 0 Å². The van der Waals surface area contributed by atoms with Crippen molar-refractivity contribution < 1.29 is 22.0 Å². The summed E-state index contributed by atoms with van der Waals surface area (Å²) in [5, 5.41) is 0. The van der Waals surface area contributed by atoms with Gasteiger partial charge in [-0.2, -0.15) is 0 Å². The van der Waals surface area contributed by atoms with Gasteiger partial charge in [-0.25, -0.2) is 22.0 Å². The molecule has 0 N–H and O–H groups in total. The Balaban J connectivity index is 3.40. The zero-order chi connectivity index (χ0) is 12.7. The van der Waals surface area contributed by atoms with E-state index in [1.54, 1.807) is 20.8 Å². The molecule has 0 amide bonds. The second kappa shape index (κ2) is 4.24. The van der Waals surface area contributed by atoms with Gasteiger partial charge in [-0.05, 0) is 0 Å². The van der Waals surface area contributed by atoms with Crippen molar-refractivity contribution in [2.75, 3.05) is 0 Å². The van der Waals surface area contributed by atoms with Crippen LogP contribution in [0, 0.1) is 29.1 Å².